The van der Waals surface area contributed by atoms with Gasteiger partial charge >= 0.3 is 6.18 Å². The molecule has 0 fully saturated rings. The zero-order valence-corrected chi connectivity index (χ0v) is 6.40. The Hall–Kier alpha value is -0.970. The molecule has 0 saturated carbocycles. The lowest BCUT2D eigenvalue weighted by Gasteiger charge is -2.03. The van der Waals surface area contributed by atoms with Crippen LogP contribution in [-0.4, -0.2) is 0 Å². The van der Waals surface area contributed by atoms with Crippen LogP contribution in [0.25, 0.3) is 0 Å². The summed E-state index contributed by atoms with van der Waals surface area (Å²) in [6, 6.07) is 1.29. The molecule has 0 atom stereocenters. The van der Waals surface area contributed by atoms with E-state index >= 15 is 0 Å². The largest absolute Gasteiger partial charge is 0.456 e. The Balaban J connectivity index is 3.13. The second kappa shape index (κ2) is 2.82. The van der Waals surface area contributed by atoms with E-state index in [-0.39, 0.29) is 17.9 Å². The molecule has 2 nitrogen and oxygen atoms in total. The van der Waals surface area contributed by atoms with Gasteiger partial charge in [0.2, 0.25) is 5.76 Å². The van der Waals surface area contributed by atoms with Crippen molar-refractivity contribution < 1.29 is 17.6 Å². The zero-order valence-electron chi connectivity index (χ0n) is 6.40. The molecule has 2 N–H and O–H groups in total. The minimum absolute atomic E-state index is 0.000000000000000222. The van der Waals surface area contributed by atoms with Crippen LogP contribution in [0.3, 0.4) is 0 Å². The Labute approximate surface area is 67.2 Å². The Bertz CT molecular complexity index is 277. The van der Waals surface area contributed by atoms with Crippen molar-refractivity contribution in [2.45, 2.75) is 19.6 Å². The van der Waals surface area contributed by atoms with Crippen LogP contribution < -0.4 is 5.73 Å². The second-order valence-corrected chi connectivity index (χ2v) is 2.41. The van der Waals surface area contributed by atoms with Gasteiger partial charge in [-0.3, -0.25) is 0 Å². The molecule has 68 valence electrons. The van der Waals surface area contributed by atoms with E-state index in [1.807, 2.05) is 0 Å². The maximum Gasteiger partial charge on any atom is 0.449 e. The van der Waals surface area contributed by atoms with Crippen molar-refractivity contribution in [2.75, 3.05) is 0 Å². The topological polar surface area (TPSA) is 39.2 Å². The van der Waals surface area contributed by atoms with Crippen molar-refractivity contribution in [3.8, 4) is 0 Å². The first-order valence-electron chi connectivity index (χ1n) is 3.31. The van der Waals surface area contributed by atoms with Gasteiger partial charge in [-0.1, -0.05) is 0 Å². The molecule has 0 aliphatic rings. The maximum absolute atomic E-state index is 12.1. The first-order valence-corrected chi connectivity index (χ1v) is 3.31. The molecule has 0 unspecified atom stereocenters. The average molecular weight is 179 g/mol. The van der Waals surface area contributed by atoms with Crippen molar-refractivity contribution in [3.05, 3.63) is 23.2 Å². The standard InChI is InChI=1S/C7H8F3NO/c1-4-2-5(3-11)6(12-4)7(8,9)10/h2H,3,11H2,1H3. The highest BCUT2D eigenvalue weighted by molar-refractivity contribution is 5.23. The molecule has 0 amide bonds. The van der Waals surface area contributed by atoms with Crippen LogP contribution in [0, 0.1) is 6.92 Å². The molecule has 0 aliphatic heterocycles. The van der Waals surface area contributed by atoms with Crippen molar-refractivity contribution in [3.63, 3.8) is 0 Å². The van der Waals surface area contributed by atoms with E-state index in [9.17, 15) is 13.2 Å². The lowest BCUT2D eigenvalue weighted by Crippen LogP contribution is -2.08. The first-order chi connectivity index (χ1) is 5.45. The molecule has 1 aromatic heterocycles. The van der Waals surface area contributed by atoms with Crippen LogP contribution >= 0.6 is 0 Å². The summed E-state index contributed by atoms with van der Waals surface area (Å²) in [5, 5.41) is 0. The number of halogens is 3. The molecule has 0 radical (unpaired) electrons. The van der Waals surface area contributed by atoms with Crippen LogP contribution in [0.5, 0.6) is 0 Å². The summed E-state index contributed by atoms with van der Waals surface area (Å²) >= 11 is 0. The van der Waals surface area contributed by atoms with Crippen LogP contribution in [-0.2, 0) is 12.7 Å². The number of alkyl halides is 3. The number of hydrogen-bond acceptors (Lipinski definition) is 2. The van der Waals surface area contributed by atoms with Crippen LogP contribution in [0.15, 0.2) is 10.5 Å². The maximum atomic E-state index is 12.1. The fraction of sp³-hybridized carbons (Fsp3) is 0.429. The van der Waals surface area contributed by atoms with Gasteiger partial charge in [0.15, 0.2) is 0 Å². The predicted octanol–water partition coefficient (Wildman–Crippen LogP) is 2.07. The fourth-order valence-corrected chi connectivity index (χ4v) is 0.958. The smallest absolute Gasteiger partial charge is 0.449 e. The summed E-state index contributed by atoms with van der Waals surface area (Å²) in [4.78, 5) is 0. The molecule has 0 aromatic carbocycles. The zero-order chi connectivity index (χ0) is 9.35. The SMILES string of the molecule is Cc1cc(CN)c(C(F)(F)F)o1. The van der Waals surface area contributed by atoms with E-state index in [1.165, 1.54) is 13.0 Å². The Morgan fingerprint density at radius 3 is 2.42 bits per heavy atom. The van der Waals surface area contributed by atoms with Gasteiger partial charge in [-0.2, -0.15) is 13.2 Å². The minimum atomic E-state index is -4.44. The summed E-state index contributed by atoms with van der Waals surface area (Å²) in [5.74, 6) is -0.759. The highest BCUT2D eigenvalue weighted by Gasteiger charge is 2.37. The number of hydrogen-bond donors (Lipinski definition) is 1. The number of furan rings is 1. The van der Waals surface area contributed by atoms with Gasteiger partial charge in [-0.05, 0) is 13.0 Å². The average Bonchev–Trinajstić information content (AvgIpc) is 2.29. The third kappa shape index (κ3) is 1.61. The van der Waals surface area contributed by atoms with Crippen molar-refractivity contribution >= 4 is 0 Å². The second-order valence-electron chi connectivity index (χ2n) is 2.41. The quantitative estimate of drug-likeness (QED) is 0.716. The highest BCUT2D eigenvalue weighted by Crippen LogP contribution is 2.33. The number of rotatable bonds is 1. The minimum Gasteiger partial charge on any atom is -0.456 e. The molecule has 0 spiro atoms. The van der Waals surface area contributed by atoms with Crippen LogP contribution in [0.4, 0.5) is 13.2 Å². The molecular formula is C7H8F3NO. The van der Waals surface area contributed by atoms with Gasteiger partial charge < -0.3 is 10.2 Å². The van der Waals surface area contributed by atoms with Gasteiger partial charge in [-0.15, -0.1) is 0 Å². The molecule has 0 saturated heterocycles. The van der Waals surface area contributed by atoms with E-state index in [0.29, 0.717) is 0 Å². The van der Waals surface area contributed by atoms with Gasteiger partial charge in [0.1, 0.15) is 5.76 Å². The molecular weight excluding hydrogens is 171 g/mol. The Kier molecular flexibility index (Phi) is 2.14. The third-order valence-electron chi connectivity index (χ3n) is 1.41. The number of nitrogens with two attached hydrogens (primary N) is 1. The summed E-state index contributed by atoms with van der Waals surface area (Å²) in [5.41, 5.74) is 5.10. The van der Waals surface area contributed by atoms with Crippen LogP contribution in [0.1, 0.15) is 17.1 Å². The molecule has 0 bridgehead atoms. The molecule has 0 aliphatic carbocycles. The number of aryl methyl sites for hydroxylation is 1. The molecule has 5 heteroatoms. The highest BCUT2D eigenvalue weighted by atomic mass is 19.4. The molecule has 1 rings (SSSR count). The molecule has 1 aromatic rings. The lowest BCUT2D eigenvalue weighted by molar-refractivity contribution is -0.154. The van der Waals surface area contributed by atoms with Crippen molar-refractivity contribution in [1.82, 2.24) is 0 Å². The monoisotopic (exact) mass is 179 g/mol. The van der Waals surface area contributed by atoms with E-state index < -0.39 is 11.9 Å². The third-order valence-corrected chi connectivity index (χ3v) is 1.41. The van der Waals surface area contributed by atoms with Gasteiger partial charge in [-0.25, -0.2) is 0 Å². The van der Waals surface area contributed by atoms with E-state index in [4.69, 9.17) is 5.73 Å². The van der Waals surface area contributed by atoms with E-state index in [0.717, 1.165) is 0 Å². The predicted molar refractivity (Wildman–Crippen MR) is 36.3 cm³/mol. The fourth-order valence-electron chi connectivity index (χ4n) is 0.958. The van der Waals surface area contributed by atoms with Crippen molar-refractivity contribution in [1.29, 1.82) is 0 Å². The lowest BCUT2D eigenvalue weighted by atomic mass is 10.2. The first kappa shape index (κ1) is 9.12. The van der Waals surface area contributed by atoms with E-state index in [2.05, 4.69) is 4.42 Å². The molecule has 12 heavy (non-hydrogen) atoms. The van der Waals surface area contributed by atoms with E-state index in [1.54, 1.807) is 0 Å². The Morgan fingerprint density at radius 1 is 1.50 bits per heavy atom. The summed E-state index contributed by atoms with van der Waals surface area (Å²) < 4.78 is 40.8. The Morgan fingerprint density at radius 2 is 2.08 bits per heavy atom. The van der Waals surface area contributed by atoms with Gasteiger partial charge in [0, 0.05) is 12.1 Å². The van der Waals surface area contributed by atoms with Crippen LogP contribution in [0.2, 0.25) is 0 Å². The van der Waals surface area contributed by atoms with Crippen molar-refractivity contribution in [2.24, 2.45) is 5.73 Å². The summed E-state index contributed by atoms with van der Waals surface area (Å²) in [7, 11) is 0. The summed E-state index contributed by atoms with van der Waals surface area (Å²) in [6.45, 7) is 1.29. The van der Waals surface area contributed by atoms with Gasteiger partial charge in [0.05, 0.1) is 0 Å². The normalized spacial score (nSPS) is 12.1. The molecule has 1 heterocycles. The van der Waals surface area contributed by atoms with Gasteiger partial charge in [0.25, 0.3) is 0 Å². The summed E-state index contributed by atoms with van der Waals surface area (Å²) in [6.07, 6.45) is -4.44.